The lowest BCUT2D eigenvalue weighted by atomic mass is 10.2. The molecular weight excluding hydrogens is 342 g/mol. The van der Waals surface area contributed by atoms with E-state index in [0.29, 0.717) is 0 Å². The van der Waals surface area contributed by atoms with E-state index >= 15 is 0 Å². The van der Waals surface area contributed by atoms with Crippen molar-refractivity contribution in [2.24, 2.45) is 0 Å². The fourth-order valence-corrected chi connectivity index (χ4v) is 2.94. The van der Waals surface area contributed by atoms with E-state index in [0.717, 1.165) is 50.6 Å². The lowest BCUT2D eigenvalue weighted by Crippen LogP contribution is -2.29. The van der Waals surface area contributed by atoms with Gasteiger partial charge in [-0.1, -0.05) is 50.1 Å². The van der Waals surface area contributed by atoms with Gasteiger partial charge in [-0.2, -0.15) is 0 Å². The van der Waals surface area contributed by atoms with Gasteiger partial charge < -0.3 is 14.4 Å². The average molecular weight is 374 g/mol. The maximum absolute atomic E-state index is 5.83. The molecule has 3 nitrogen and oxygen atoms in total. The van der Waals surface area contributed by atoms with Crippen LogP contribution in [-0.2, 0) is 4.74 Å². The van der Waals surface area contributed by atoms with Gasteiger partial charge in [0.05, 0.1) is 13.2 Å². The van der Waals surface area contributed by atoms with Gasteiger partial charge in [0.25, 0.3) is 0 Å². The summed E-state index contributed by atoms with van der Waals surface area (Å²) >= 11 is 1.66. The third kappa shape index (κ3) is 9.66. The van der Waals surface area contributed by atoms with Gasteiger partial charge in [0.1, 0.15) is 5.75 Å². The second-order valence-corrected chi connectivity index (χ2v) is 6.61. The van der Waals surface area contributed by atoms with Gasteiger partial charge in [-0.05, 0) is 54.3 Å². The third-order valence-corrected chi connectivity index (χ3v) is 4.60. The molecule has 0 atom stereocenters. The van der Waals surface area contributed by atoms with E-state index in [1.54, 1.807) is 24.9 Å². The minimum atomic E-state index is 0.727. The first kappa shape index (κ1) is 22.3. The summed E-state index contributed by atoms with van der Waals surface area (Å²) in [6.45, 7) is 14.2. The number of nitrogens with zero attached hydrogens (tertiary/aromatic N) is 1. The molecule has 0 aliphatic rings. The molecule has 1 aromatic rings. The summed E-state index contributed by atoms with van der Waals surface area (Å²) < 4.78 is 11.0. The molecule has 0 aliphatic heterocycles. The van der Waals surface area contributed by atoms with Crippen LogP contribution in [0.2, 0.25) is 0 Å². The highest BCUT2D eigenvalue weighted by Gasteiger charge is 2.02. The Morgan fingerprint density at radius 2 is 1.92 bits per heavy atom. The molecule has 142 valence electrons. The average Bonchev–Trinajstić information content (AvgIpc) is 2.67. The number of ether oxygens (including phenoxy) is 2. The van der Waals surface area contributed by atoms with Gasteiger partial charge in [-0.25, -0.2) is 0 Å². The molecule has 0 fully saturated rings. The zero-order chi connectivity index (χ0) is 19.0. The fourth-order valence-electron chi connectivity index (χ4n) is 2.26. The second kappa shape index (κ2) is 14.4. The van der Waals surface area contributed by atoms with Crippen LogP contribution in [0, 0.1) is 0 Å². The number of benzene rings is 1. The summed E-state index contributed by atoms with van der Waals surface area (Å²) in [5, 5.41) is 2.05. The fraction of sp³-hybridized carbons (Fsp3) is 0.364. The predicted octanol–water partition coefficient (Wildman–Crippen LogP) is 5.33. The first-order valence-corrected chi connectivity index (χ1v) is 9.84. The molecule has 0 saturated heterocycles. The molecule has 0 saturated carbocycles. The minimum Gasteiger partial charge on any atom is -0.494 e. The third-order valence-electron chi connectivity index (χ3n) is 3.78. The Kier molecular flexibility index (Phi) is 12.4. The standard InChI is InChI=1S/C22H31NO2S/c1-5-9-20(6-2)14-19-26-22-12-10-21(11-13-22)25-17-8-15-23(7-3)16-18-24-4/h5-6,9-14,19H,1-2,7-8,15-18H2,3-4H3/b19-14+,20-9+. The topological polar surface area (TPSA) is 21.7 Å². The lowest BCUT2D eigenvalue weighted by Gasteiger charge is -2.19. The van der Waals surface area contributed by atoms with Crippen molar-refractivity contribution in [2.75, 3.05) is 40.0 Å². The zero-order valence-electron chi connectivity index (χ0n) is 16.0. The molecule has 26 heavy (non-hydrogen) atoms. The number of likely N-dealkylation sites (N-methyl/N-ethyl adjacent to an activating group) is 1. The Morgan fingerprint density at radius 1 is 1.15 bits per heavy atom. The predicted molar refractivity (Wildman–Crippen MR) is 114 cm³/mol. The maximum atomic E-state index is 5.83. The molecular formula is C22H31NO2S. The highest BCUT2D eigenvalue weighted by atomic mass is 32.2. The number of allylic oxidation sites excluding steroid dienone is 5. The van der Waals surface area contributed by atoms with E-state index in [1.807, 2.05) is 35.8 Å². The first-order chi connectivity index (χ1) is 12.7. The Morgan fingerprint density at radius 3 is 2.54 bits per heavy atom. The van der Waals surface area contributed by atoms with Crippen LogP contribution in [-0.4, -0.2) is 44.9 Å². The summed E-state index contributed by atoms with van der Waals surface area (Å²) in [7, 11) is 1.74. The molecule has 0 aliphatic carbocycles. The molecule has 4 heteroatoms. The number of hydrogen-bond acceptors (Lipinski definition) is 4. The summed E-state index contributed by atoms with van der Waals surface area (Å²) in [4.78, 5) is 3.55. The second-order valence-electron chi connectivity index (χ2n) is 5.63. The molecule has 0 heterocycles. The van der Waals surface area contributed by atoms with Crippen molar-refractivity contribution in [1.82, 2.24) is 4.90 Å². The molecule has 0 radical (unpaired) electrons. The number of rotatable bonds is 14. The van der Waals surface area contributed by atoms with Gasteiger partial charge in [-0.3, -0.25) is 0 Å². The van der Waals surface area contributed by atoms with Crippen LogP contribution < -0.4 is 4.74 Å². The summed E-state index contributed by atoms with van der Waals surface area (Å²) in [6.07, 6.45) is 8.53. The van der Waals surface area contributed by atoms with E-state index in [4.69, 9.17) is 9.47 Å². The lowest BCUT2D eigenvalue weighted by molar-refractivity contribution is 0.146. The van der Waals surface area contributed by atoms with E-state index in [1.165, 1.54) is 4.90 Å². The molecule has 0 bridgehead atoms. The summed E-state index contributed by atoms with van der Waals surface area (Å²) in [5.74, 6) is 0.914. The SMILES string of the molecule is C=C/C=C(C=C)/C=C/Sc1ccc(OCCCN(CC)CCOC)cc1. The van der Waals surface area contributed by atoms with Crippen molar-refractivity contribution in [3.63, 3.8) is 0 Å². The van der Waals surface area contributed by atoms with Gasteiger partial charge in [0.15, 0.2) is 0 Å². The van der Waals surface area contributed by atoms with Crippen molar-refractivity contribution in [2.45, 2.75) is 18.2 Å². The number of thioether (sulfide) groups is 1. The number of hydrogen-bond donors (Lipinski definition) is 0. The summed E-state index contributed by atoms with van der Waals surface area (Å²) in [6, 6.07) is 8.19. The summed E-state index contributed by atoms with van der Waals surface area (Å²) in [5.41, 5.74) is 1.04. The Balaban J connectivity index is 2.34. The Bertz CT molecular complexity index is 578. The highest BCUT2D eigenvalue weighted by Crippen LogP contribution is 2.23. The van der Waals surface area contributed by atoms with E-state index in [9.17, 15) is 0 Å². The Labute approximate surface area is 163 Å². The van der Waals surface area contributed by atoms with Crippen molar-refractivity contribution in [1.29, 1.82) is 0 Å². The zero-order valence-corrected chi connectivity index (χ0v) is 16.8. The first-order valence-electron chi connectivity index (χ1n) is 8.96. The van der Waals surface area contributed by atoms with Crippen LogP contribution in [0.4, 0.5) is 0 Å². The van der Waals surface area contributed by atoms with Crippen LogP contribution >= 0.6 is 11.8 Å². The molecule has 1 aromatic carbocycles. The molecule has 1 rings (SSSR count). The van der Waals surface area contributed by atoms with Crippen LogP contribution in [0.25, 0.3) is 0 Å². The van der Waals surface area contributed by atoms with Crippen LogP contribution in [0.1, 0.15) is 13.3 Å². The largest absolute Gasteiger partial charge is 0.494 e. The van der Waals surface area contributed by atoms with E-state index < -0.39 is 0 Å². The van der Waals surface area contributed by atoms with Crippen molar-refractivity contribution < 1.29 is 9.47 Å². The van der Waals surface area contributed by atoms with Gasteiger partial charge in [0, 0.05) is 25.1 Å². The molecule has 0 N–H and O–H groups in total. The smallest absolute Gasteiger partial charge is 0.119 e. The van der Waals surface area contributed by atoms with Crippen LogP contribution in [0.3, 0.4) is 0 Å². The quantitative estimate of drug-likeness (QED) is 0.250. The van der Waals surface area contributed by atoms with Gasteiger partial charge in [0.2, 0.25) is 0 Å². The maximum Gasteiger partial charge on any atom is 0.119 e. The number of methoxy groups -OCH3 is 1. The molecule has 0 aromatic heterocycles. The molecule has 0 unspecified atom stereocenters. The van der Waals surface area contributed by atoms with Gasteiger partial charge >= 0.3 is 0 Å². The Hall–Kier alpha value is -1.75. The van der Waals surface area contributed by atoms with Gasteiger partial charge in [-0.15, -0.1) is 0 Å². The highest BCUT2D eigenvalue weighted by molar-refractivity contribution is 8.02. The monoisotopic (exact) mass is 373 g/mol. The molecule has 0 spiro atoms. The normalized spacial score (nSPS) is 11.9. The van der Waals surface area contributed by atoms with Crippen LogP contribution in [0.5, 0.6) is 5.75 Å². The molecule has 0 amide bonds. The van der Waals surface area contributed by atoms with Crippen LogP contribution in [0.15, 0.2) is 77.6 Å². The van der Waals surface area contributed by atoms with E-state index in [2.05, 4.69) is 37.1 Å². The van der Waals surface area contributed by atoms with Crippen molar-refractivity contribution >= 4 is 11.8 Å². The van der Waals surface area contributed by atoms with Crippen molar-refractivity contribution in [3.8, 4) is 5.75 Å². The van der Waals surface area contributed by atoms with E-state index in [-0.39, 0.29) is 0 Å². The minimum absolute atomic E-state index is 0.727. The van der Waals surface area contributed by atoms with Crippen molar-refractivity contribution in [3.05, 3.63) is 72.7 Å².